The van der Waals surface area contributed by atoms with E-state index < -0.39 is 28.7 Å². The van der Waals surface area contributed by atoms with Gasteiger partial charge in [0, 0.05) is 28.2 Å². The van der Waals surface area contributed by atoms with Crippen molar-refractivity contribution < 1.29 is 24.3 Å². The molecule has 16 nitrogen and oxygen atoms in total. The number of nitrogens with zero attached hydrogens (tertiary/aromatic N) is 9. The number of thiocarbonyl (C=S) groups is 1. The molecule has 5 heterocycles. The van der Waals surface area contributed by atoms with Crippen LogP contribution in [0.25, 0.3) is 11.2 Å². The molecule has 19 heteroatoms. The normalized spacial score (nSPS) is 23.2. The van der Waals surface area contributed by atoms with E-state index >= 15 is 0 Å². The zero-order chi connectivity index (χ0) is 28.0. The van der Waals surface area contributed by atoms with Crippen LogP contribution in [0, 0.1) is 0 Å². The molecule has 2 amide bonds. The van der Waals surface area contributed by atoms with Crippen LogP contribution in [0.5, 0.6) is 0 Å². The molecule has 4 N–H and O–H groups in total. The molecular formula is C21H19N11O5S3. The second-order valence-corrected chi connectivity index (χ2v) is 11.2. The Morgan fingerprint density at radius 2 is 2.12 bits per heavy atom. The van der Waals surface area contributed by atoms with Gasteiger partial charge in [0.2, 0.25) is 11.5 Å². The number of aromatic nitrogens is 7. The Hall–Kier alpha value is -4.10. The number of nitrogens with two attached hydrogens (primary N) is 1. The summed E-state index contributed by atoms with van der Waals surface area (Å²) >= 11 is 7.30. The molecule has 0 bridgehead atoms. The number of hydrogen-bond acceptors (Lipinski definition) is 15. The van der Waals surface area contributed by atoms with Gasteiger partial charge in [-0.3, -0.25) is 14.5 Å². The highest BCUT2D eigenvalue weighted by molar-refractivity contribution is 8.00. The summed E-state index contributed by atoms with van der Waals surface area (Å²) in [6, 6.07) is 3.15. The number of carboxylic acids is 1. The number of tetrazole rings is 1. The van der Waals surface area contributed by atoms with Gasteiger partial charge in [0.15, 0.2) is 16.3 Å². The van der Waals surface area contributed by atoms with Crippen molar-refractivity contribution in [2.45, 2.75) is 42.7 Å². The van der Waals surface area contributed by atoms with Gasteiger partial charge in [0.25, 0.3) is 11.8 Å². The maximum atomic E-state index is 13.6. The first-order chi connectivity index (χ1) is 19.3. The second kappa shape index (κ2) is 10.1. The summed E-state index contributed by atoms with van der Waals surface area (Å²) < 4.78 is 5.23. The number of thioether (sulfide) groups is 1. The number of carbonyl (C=O) groups is 3. The van der Waals surface area contributed by atoms with Crippen LogP contribution in [-0.4, -0.2) is 96.3 Å². The Bertz CT molecular complexity index is 1610. The van der Waals surface area contributed by atoms with Gasteiger partial charge < -0.3 is 21.0 Å². The van der Waals surface area contributed by atoms with Crippen LogP contribution in [0.2, 0.25) is 0 Å². The number of anilines is 1. The number of aliphatic carboxylic acids is 1. The standard InChI is InChI=1S/C21H19N11O5S3/c22-20-23-15(28-40-20)13(27-37-9-3-1-2-4-9)16(33)24-21(8-38)18(36)31-14(17(34)35)10(7-39-19(21)31)11-5-6-12-25-29-30-32(12)26-11/h5-6,8-9,19H,1-4,7H2,(H,24,33)(H,34,35)(H2,22,23,28)/t19-,21?/m0/s1. The molecule has 3 aliphatic rings. The lowest BCUT2D eigenvalue weighted by Crippen LogP contribution is -2.80. The van der Waals surface area contributed by atoms with Crippen molar-refractivity contribution in [2.24, 2.45) is 5.16 Å². The molecule has 3 aromatic heterocycles. The maximum absolute atomic E-state index is 13.6. The van der Waals surface area contributed by atoms with Crippen molar-refractivity contribution in [1.82, 2.24) is 44.8 Å². The molecule has 40 heavy (non-hydrogen) atoms. The number of nitrogen functional groups attached to an aromatic ring is 1. The van der Waals surface area contributed by atoms with E-state index in [1.165, 1.54) is 11.8 Å². The summed E-state index contributed by atoms with van der Waals surface area (Å²) in [6.07, 6.45) is 3.41. The van der Waals surface area contributed by atoms with E-state index in [0.29, 0.717) is 5.65 Å². The monoisotopic (exact) mass is 601 g/mol. The van der Waals surface area contributed by atoms with Gasteiger partial charge in [0.05, 0.1) is 5.69 Å². The quantitative estimate of drug-likeness (QED) is 0.133. The highest BCUT2D eigenvalue weighted by atomic mass is 32.2. The molecule has 2 aliphatic heterocycles. The first-order valence-corrected chi connectivity index (χ1v) is 14.2. The van der Waals surface area contributed by atoms with E-state index in [1.807, 2.05) is 0 Å². The third-order valence-corrected chi connectivity index (χ3v) is 8.93. The van der Waals surface area contributed by atoms with E-state index in [0.717, 1.165) is 52.1 Å². The lowest BCUT2D eigenvalue weighted by molar-refractivity contribution is -0.153. The van der Waals surface area contributed by atoms with Gasteiger partial charge in [-0.15, -0.1) is 26.6 Å². The van der Waals surface area contributed by atoms with Crippen LogP contribution in [0.3, 0.4) is 0 Å². The van der Waals surface area contributed by atoms with Crippen LogP contribution >= 0.6 is 35.5 Å². The molecule has 0 radical (unpaired) electrons. The number of carbonyl (C=O) groups excluding carboxylic acids is 2. The average Bonchev–Trinajstić information content (AvgIpc) is 3.73. The van der Waals surface area contributed by atoms with E-state index in [1.54, 1.807) is 12.1 Å². The molecule has 0 spiro atoms. The zero-order valence-electron chi connectivity index (χ0n) is 20.3. The third kappa shape index (κ3) is 4.25. The first kappa shape index (κ1) is 26.1. The van der Waals surface area contributed by atoms with Crippen molar-refractivity contribution in [2.75, 3.05) is 11.5 Å². The number of fused-ring (bicyclic) bond motifs is 2. The number of oxime groups is 1. The van der Waals surface area contributed by atoms with Gasteiger partial charge in [-0.05, 0) is 48.2 Å². The fraction of sp³-hybridized carbons (Fsp3) is 0.381. The summed E-state index contributed by atoms with van der Waals surface area (Å²) in [5.41, 5.74) is 4.42. The molecule has 1 aliphatic carbocycles. The number of carboxylic acid groups (broad SMARTS) is 1. The van der Waals surface area contributed by atoms with Crippen molar-refractivity contribution in [3.8, 4) is 0 Å². The van der Waals surface area contributed by atoms with E-state index in [9.17, 15) is 19.5 Å². The Kier molecular flexibility index (Phi) is 6.62. The average molecular weight is 602 g/mol. The van der Waals surface area contributed by atoms with Crippen molar-refractivity contribution in [3.05, 3.63) is 29.3 Å². The number of rotatable bonds is 8. The highest BCUT2D eigenvalue weighted by Crippen LogP contribution is 2.47. The largest absolute Gasteiger partial charge is 0.477 e. The van der Waals surface area contributed by atoms with Gasteiger partial charge in [0.1, 0.15) is 17.2 Å². The number of β-lactam (4-membered cyclic amide) rings is 1. The molecule has 1 saturated heterocycles. The minimum absolute atomic E-state index is 0.0603. The third-order valence-electron chi connectivity index (χ3n) is 6.66. The molecule has 2 atom stereocenters. The molecule has 206 valence electrons. The Labute approximate surface area is 238 Å². The van der Waals surface area contributed by atoms with Crippen LogP contribution in [0.4, 0.5) is 5.13 Å². The predicted octanol–water partition coefficient (Wildman–Crippen LogP) is -0.118. The summed E-state index contributed by atoms with van der Waals surface area (Å²) in [5, 5.41) is 32.5. The fourth-order valence-electron chi connectivity index (χ4n) is 4.72. The summed E-state index contributed by atoms with van der Waals surface area (Å²) in [7, 11) is 0. The van der Waals surface area contributed by atoms with E-state index in [4.69, 9.17) is 22.8 Å². The highest BCUT2D eigenvalue weighted by Gasteiger charge is 2.65. The lowest BCUT2D eigenvalue weighted by atomic mass is 9.87. The van der Waals surface area contributed by atoms with E-state index in [2.05, 4.69) is 40.5 Å². The van der Waals surface area contributed by atoms with Crippen LogP contribution < -0.4 is 11.1 Å². The number of nitrogens with one attached hydrogen (secondary N) is 1. The van der Waals surface area contributed by atoms with E-state index in [-0.39, 0.29) is 45.5 Å². The molecular weight excluding hydrogens is 583 g/mol. The summed E-state index contributed by atoms with van der Waals surface area (Å²) in [6.45, 7) is 0. The SMILES string of the molecule is Nc1nc(C(=NOC2CCCC2)C(=O)NC2(C=S)C(=O)N3C(C(=O)O)=C(c4ccc5nnnn5n4)CS[C@H]32)ns1. The Morgan fingerprint density at radius 3 is 2.83 bits per heavy atom. The number of amides is 2. The molecule has 3 aromatic rings. The van der Waals surface area contributed by atoms with Gasteiger partial charge >= 0.3 is 5.97 Å². The predicted molar refractivity (Wildman–Crippen MR) is 145 cm³/mol. The minimum Gasteiger partial charge on any atom is -0.477 e. The van der Waals surface area contributed by atoms with Gasteiger partial charge in [-0.2, -0.15) is 9.36 Å². The summed E-state index contributed by atoms with van der Waals surface area (Å²) in [4.78, 5) is 50.2. The maximum Gasteiger partial charge on any atom is 0.353 e. The van der Waals surface area contributed by atoms with Crippen molar-refractivity contribution in [3.63, 3.8) is 0 Å². The van der Waals surface area contributed by atoms with Gasteiger partial charge in [-0.1, -0.05) is 17.4 Å². The van der Waals surface area contributed by atoms with Crippen molar-refractivity contribution in [1.29, 1.82) is 0 Å². The smallest absolute Gasteiger partial charge is 0.353 e. The lowest BCUT2D eigenvalue weighted by Gasteiger charge is -2.55. The topological polar surface area (TPSA) is 216 Å². The Morgan fingerprint density at radius 1 is 1.32 bits per heavy atom. The number of hydrogen-bond donors (Lipinski definition) is 3. The molecule has 0 aromatic carbocycles. The second-order valence-electron chi connectivity index (χ2n) is 9.06. The molecule has 1 saturated carbocycles. The molecule has 2 fully saturated rings. The molecule has 6 rings (SSSR count). The first-order valence-electron chi connectivity index (χ1n) is 11.9. The van der Waals surface area contributed by atoms with Gasteiger partial charge in [-0.25, -0.2) is 4.79 Å². The van der Waals surface area contributed by atoms with Crippen LogP contribution in [0.1, 0.15) is 37.2 Å². The van der Waals surface area contributed by atoms with Crippen molar-refractivity contribution >= 4 is 80.7 Å². The minimum atomic E-state index is -1.70. The zero-order valence-corrected chi connectivity index (χ0v) is 22.8. The van der Waals surface area contributed by atoms with Crippen LogP contribution in [-0.2, 0) is 19.2 Å². The summed E-state index contributed by atoms with van der Waals surface area (Å²) in [5.74, 6) is -2.80. The molecule has 1 unspecified atom stereocenters. The van der Waals surface area contributed by atoms with Crippen LogP contribution in [0.15, 0.2) is 23.0 Å². The Balaban J connectivity index is 1.31. The fourth-order valence-corrected chi connectivity index (χ4v) is 6.98.